The van der Waals surface area contributed by atoms with Crippen LogP contribution in [0.25, 0.3) is 0 Å². The van der Waals surface area contributed by atoms with Crippen molar-refractivity contribution >= 4 is 23.1 Å². The second-order valence-corrected chi connectivity index (χ2v) is 9.50. The molecule has 0 aliphatic carbocycles. The lowest BCUT2D eigenvalue weighted by Crippen LogP contribution is -2.13. The molecule has 37 heavy (non-hydrogen) atoms. The molecule has 0 aliphatic rings. The first-order chi connectivity index (χ1) is 18.2. The van der Waals surface area contributed by atoms with Crippen molar-refractivity contribution in [2.45, 2.75) is 96.8 Å². The average molecular weight is 505 g/mol. The molecule has 0 atom stereocenters. The molecular formula is C32H44N2O3. The van der Waals surface area contributed by atoms with Gasteiger partial charge in [-0.3, -0.25) is 9.59 Å². The molecule has 0 spiro atoms. The van der Waals surface area contributed by atoms with Crippen molar-refractivity contribution in [2.75, 3.05) is 6.61 Å². The van der Waals surface area contributed by atoms with Crippen molar-refractivity contribution in [1.82, 2.24) is 0 Å². The number of esters is 1. The number of Topliss-reactive ketones (excluding diaryl/α,β-unsaturated/α-hetero) is 1. The maximum absolute atomic E-state index is 12.3. The van der Waals surface area contributed by atoms with Crippen molar-refractivity contribution < 1.29 is 14.3 Å². The molecule has 0 N–H and O–H groups in total. The summed E-state index contributed by atoms with van der Waals surface area (Å²) in [6.45, 7) is 2.03. The minimum atomic E-state index is -0.319. The average Bonchev–Trinajstić information content (AvgIpc) is 2.93. The summed E-state index contributed by atoms with van der Waals surface area (Å²) in [5, 5.41) is 8.32. The number of unbranched alkanes of at least 4 members (excludes halogenated alkanes) is 11. The summed E-state index contributed by atoms with van der Waals surface area (Å²) in [4.78, 5) is 24.3. The van der Waals surface area contributed by atoms with E-state index in [-0.39, 0.29) is 18.4 Å². The molecule has 0 bridgehead atoms. The Morgan fingerprint density at radius 2 is 1.22 bits per heavy atom. The first-order valence-electron chi connectivity index (χ1n) is 14.1. The quantitative estimate of drug-likeness (QED) is 0.0592. The summed E-state index contributed by atoms with van der Waals surface area (Å²) in [7, 11) is 0. The number of ketones is 1. The van der Waals surface area contributed by atoms with Crippen LogP contribution in [0.4, 0.5) is 11.4 Å². The van der Waals surface area contributed by atoms with Gasteiger partial charge in [0.05, 0.1) is 11.4 Å². The molecule has 0 unspecified atom stereocenters. The van der Waals surface area contributed by atoms with Crippen molar-refractivity contribution in [3.63, 3.8) is 0 Å². The zero-order valence-electron chi connectivity index (χ0n) is 22.6. The third kappa shape index (κ3) is 14.9. The summed E-state index contributed by atoms with van der Waals surface area (Å²) < 4.78 is 5.16. The lowest BCUT2D eigenvalue weighted by atomic mass is 10.1. The molecule has 0 saturated heterocycles. The Labute approximate surface area is 223 Å². The molecule has 0 saturated carbocycles. The van der Waals surface area contributed by atoms with E-state index in [1.165, 1.54) is 57.8 Å². The van der Waals surface area contributed by atoms with Crippen LogP contribution < -0.4 is 0 Å². The van der Waals surface area contributed by atoms with Crippen molar-refractivity contribution in [3.8, 4) is 0 Å². The van der Waals surface area contributed by atoms with Gasteiger partial charge in [-0.25, -0.2) is 0 Å². The van der Waals surface area contributed by atoms with Crippen LogP contribution in [0.2, 0.25) is 0 Å². The largest absolute Gasteiger partial charge is 0.457 e. The van der Waals surface area contributed by atoms with Gasteiger partial charge in [0.15, 0.2) is 12.4 Å². The second-order valence-electron chi connectivity index (χ2n) is 9.50. The van der Waals surface area contributed by atoms with Gasteiger partial charge in [0, 0.05) is 12.0 Å². The first-order valence-corrected chi connectivity index (χ1v) is 14.1. The topological polar surface area (TPSA) is 68.1 Å². The predicted octanol–water partition coefficient (Wildman–Crippen LogP) is 9.87. The first kappa shape index (κ1) is 30.1. The third-order valence-electron chi connectivity index (χ3n) is 6.23. The van der Waals surface area contributed by atoms with Gasteiger partial charge in [-0.05, 0) is 68.5 Å². The van der Waals surface area contributed by atoms with Crippen LogP contribution in [0, 0.1) is 0 Å². The smallest absolute Gasteiger partial charge is 0.306 e. The number of carbonyl (C=O) groups excluding carboxylic acids is 2. The number of carbonyl (C=O) groups is 2. The molecule has 2 rings (SSSR count). The van der Waals surface area contributed by atoms with Gasteiger partial charge in [0.25, 0.3) is 0 Å². The summed E-state index contributed by atoms with van der Waals surface area (Å²) in [5.74, 6) is -0.542. The number of ether oxygens (including phenoxy) is 1. The van der Waals surface area contributed by atoms with Crippen molar-refractivity contribution in [1.29, 1.82) is 0 Å². The van der Waals surface area contributed by atoms with Gasteiger partial charge < -0.3 is 4.74 Å². The van der Waals surface area contributed by atoms with Crippen LogP contribution in [-0.2, 0) is 9.53 Å². The van der Waals surface area contributed by atoms with Gasteiger partial charge in [0.2, 0.25) is 0 Å². The van der Waals surface area contributed by atoms with Crippen LogP contribution in [0.5, 0.6) is 0 Å². The third-order valence-corrected chi connectivity index (χ3v) is 6.23. The lowest BCUT2D eigenvalue weighted by Gasteiger charge is -2.04. The number of azo groups is 1. The van der Waals surface area contributed by atoms with Gasteiger partial charge >= 0.3 is 5.97 Å². The Bertz CT molecular complexity index is 936. The number of nitrogens with zero attached hydrogens (tertiary/aromatic N) is 2. The highest BCUT2D eigenvalue weighted by molar-refractivity contribution is 5.98. The maximum atomic E-state index is 12.3. The van der Waals surface area contributed by atoms with Gasteiger partial charge in [-0.15, -0.1) is 0 Å². The Morgan fingerprint density at radius 3 is 1.84 bits per heavy atom. The highest BCUT2D eigenvalue weighted by Gasteiger charge is 2.10. The molecular weight excluding hydrogens is 460 g/mol. The van der Waals surface area contributed by atoms with E-state index in [1.54, 1.807) is 24.3 Å². The molecule has 0 amide bonds. The SMILES string of the molecule is CCCCCCCCCCC/C=C\CCCCC(=O)OCC(=O)c1ccc(N=Nc2ccccc2)cc1. The van der Waals surface area contributed by atoms with E-state index in [1.807, 2.05) is 30.3 Å². The molecule has 2 aromatic rings. The van der Waals surface area contributed by atoms with E-state index in [0.717, 1.165) is 31.4 Å². The van der Waals surface area contributed by atoms with Crippen molar-refractivity contribution in [3.05, 3.63) is 72.3 Å². The van der Waals surface area contributed by atoms with Crippen molar-refractivity contribution in [2.24, 2.45) is 10.2 Å². The van der Waals surface area contributed by atoms with E-state index in [2.05, 4.69) is 29.3 Å². The van der Waals surface area contributed by atoms with Gasteiger partial charge in [0.1, 0.15) is 0 Å². The van der Waals surface area contributed by atoms with Crippen LogP contribution in [0.3, 0.4) is 0 Å². The summed E-state index contributed by atoms with van der Waals surface area (Å²) in [5.41, 5.74) is 1.91. The number of hydrogen-bond donors (Lipinski definition) is 0. The Hall–Kier alpha value is -3.08. The highest BCUT2D eigenvalue weighted by Crippen LogP contribution is 2.18. The maximum Gasteiger partial charge on any atom is 0.306 e. The predicted molar refractivity (Wildman–Crippen MR) is 152 cm³/mol. The lowest BCUT2D eigenvalue weighted by molar-refractivity contribution is -0.142. The molecule has 0 aromatic heterocycles. The second kappa shape index (κ2) is 20.0. The van der Waals surface area contributed by atoms with Crippen LogP contribution in [0.15, 0.2) is 77.0 Å². The normalized spacial score (nSPS) is 11.4. The Morgan fingerprint density at radius 1 is 0.676 bits per heavy atom. The molecule has 5 heteroatoms. The Balaban J connectivity index is 1.47. The number of benzene rings is 2. The molecule has 0 aliphatic heterocycles. The number of allylic oxidation sites excluding steroid dienone is 2. The summed E-state index contributed by atoms with van der Waals surface area (Å²) in [6, 6.07) is 16.3. The monoisotopic (exact) mass is 504 g/mol. The van der Waals surface area contributed by atoms with E-state index in [9.17, 15) is 9.59 Å². The molecule has 5 nitrogen and oxygen atoms in total. The Kier molecular flexibility index (Phi) is 16.3. The van der Waals surface area contributed by atoms with E-state index >= 15 is 0 Å². The van der Waals surface area contributed by atoms with E-state index in [4.69, 9.17) is 4.74 Å². The van der Waals surface area contributed by atoms with Crippen LogP contribution in [-0.4, -0.2) is 18.4 Å². The number of hydrogen-bond acceptors (Lipinski definition) is 5. The minimum Gasteiger partial charge on any atom is -0.457 e. The van der Waals surface area contributed by atoms with Gasteiger partial charge in [-0.2, -0.15) is 10.2 Å². The molecule has 0 fully saturated rings. The fourth-order valence-electron chi connectivity index (χ4n) is 3.97. The fraction of sp³-hybridized carbons (Fsp3) is 0.500. The van der Waals surface area contributed by atoms with Crippen LogP contribution in [0.1, 0.15) is 107 Å². The number of rotatable bonds is 20. The minimum absolute atomic E-state index is 0.223. The molecule has 0 radical (unpaired) electrons. The van der Waals surface area contributed by atoms with E-state index in [0.29, 0.717) is 17.7 Å². The summed E-state index contributed by atoms with van der Waals surface area (Å²) in [6.07, 6.45) is 20.9. The van der Waals surface area contributed by atoms with Gasteiger partial charge in [-0.1, -0.05) is 88.6 Å². The zero-order valence-corrected chi connectivity index (χ0v) is 22.6. The van der Waals surface area contributed by atoms with Crippen LogP contribution >= 0.6 is 0 Å². The molecule has 2 aromatic carbocycles. The summed E-state index contributed by atoms with van der Waals surface area (Å²) >= 11 is 0. The molecule has 200 valence electrons. The standard InChI is InChI=1S/C32H44N2O3/c1-2-3-4-5-6-7-8-9-10-11-12-13-14-15-19-22-32(36)37-27-31(35)28-23-25-30(26-24-28)34-33-29-20-17-16-18-21-29/h12-13,16-18,20-21,23-26H,2-11,14-15,19,22,27H2,1H3/b13-12-,34-33?. The zero-order chi connectivity index (χ0) is 26.4. The molecule has 0 heterocycles. The van der Waals surface area contributed by atoms with E-state index < -0.39 is 0 Å². The highest BCUT2D eigenvalue weighted by atomic mass is 16.5. The fourth-order valence-corrected chi connectivity index (χ4v) is 3.97.